The zero-order chi connectivity index (χ0) is 28.7. The summed E-state index contributed by atoms with van der Waals surface area (Å²) in [5.74, 6) is -0.662. The maximum Gasteiger partial charge on any atom is 0.409 e. The molecule has 4 N–H and O–H groups in total. The molecule has 1 aliphatic carbocycles. The third kappa shape index (κ3) is 8.48. The molecule has 1 saturated heterocycles. The molecule has 0 radical (unpaired) electrons. The highest BCUT2D eigenvalue weighted by molar-refractivity contribution is 7.51. The van der Waals surface area contributed by atoms with Gasteiger partial charge in [-0.05, 0) is 19.3 Å². The monoisotopic (exact) mass is 574 g/mol. The first-order valence-electron chi connectivity index (χ1n) is 13.4. The lowest BCUT2D eigenvalue weighted by Gasteiger charge is -2.36. The number of carbonyl (C=O) groups excluding carboxylic acids is 3. The van der Waals surface area contributed by atoms with E-state index in [4.69, 9.17) is 4.74 Å². The molecule has 0 bridgehead atoms. The number of anilines is 1. The SMILES string of the molecule is CCCCOC(=O)N1CCN(C(=O)[C@H](CP(=O)(O)O)NC(=O)c2cc(NC3CC3)nc(-c3ccccc3)n2)CC1. The van der Waals surface area contributed by atoms with E-state index in [1.165, 1.54) is 15.9 Å². The molecule has 14 heteroatoms. The van der Waals surface area contributed by atoms with Crippen molar-refractivity contribution >= 4 is 31.3 Å². The topological polar surface area (TPSA) is 174 Å². The molecule has 1 saturated carbocycles. The highest BCUT2D eigenvalue weighted by Gasteiger charge is 2.35. The van der Waals surface area contributed by atoms with Crippen molar-refractivity contribution < 1.29 is 33.5 Å². The first-order valence-corrected chi connectivity index (χ1v) is 15.2. The lowest BCUT2D eigenvalue weighted by atomic mass is 10.2. The fourth-order valence-electron chi connectivity index (χ4n) is 4.17. The minimum Gasteiger partial charge on any atom is -0.449 e. The average Bonchev–Trinajstić information content (AvgIpc) is 3.76. The van der Waals surface area contributed by atoms with E-state index in [-0.39, 0.29) is 37.9 Å². The van der Waals surface area contributed by atoms with Gasteiger partial charge in [0.05, 0.1) is 12.8 Å². The van der Waals surface area contributed by atoms with Crippen LogP contribution in [-0.4, -0.2) is 98.5 Å². The summed E-state index contributed by atoms with van der Waals surface area (Å²) in [4.78, 5) is 69.9. The molecule has 1 atom stereocenters. The molecular weight excluding hydrogens is 539 g/mol. The van der Waals surface area contributed by atoms with Crippen molar-refractivity contribution in [2.24, 2.45) is 0 Å². The summed E-state index contributed by atoms with van der Waals surface area (Å²) in [7, 11) is -4.69. The number of nitrogens with zero attached hydrogens (tertiary/aromatic N) is 4. The molecule has 2 fully saturated rings. The Morgan fingerprint density at radius 3 is 2.38 bits per heavy atom. The maximum atomic E-state index is 13.3. The van der Waals surface area contributed by atoms with Crippen LogP contribution in [0.3, 0.4) is 0 Å². The van der Waals surface area contributed by atoms with Gasteiger partial charge in [0.1, 0.15) is 17.6 Å². The number of ether oxygens (including phenoxy) is 1. The van der Waals surface area contributed by atoms with Crippen LogP contribution in [0.15, 0.2) is 36.4 Å². The molecule has 2 aromatic rings. The average molecular weight is 575 g/mol. The van der Waals surface area contributed by atoms with E-state index < -0.39 is 37.7 Å². The minimum atomic E-state index is -4.69. The zero-order valence-electron chi connectivity index (χ0n) is 22.4. The second-order valence-electron chi connectivity index (χ2n) is 9.90. The fourth-order valence-corrected chi connectivity index (χ4v) is 4.89. The Kier molecular flexibility index (Phi) is 9.72. The minimum absolute atomic E-state index is 0.0415. The largest absolute Gasteiger partial charge is 0.449 e. The fraction of sp³-hybridized carbons (Fsp3) is 0.500. The van der Waals surface area contributed by atoms with E-state index in [2.05, 4.69) is 20.6 Å². The van der Waals surface area contributed by atoms with Gasteiger partial charge in [0, 0.05) is 43.9 Å². The predicted molar refractivity (Wildman–Crippen MR) is 147 cm³/mol. The van der Waals surface area contributed by atoms with Crippen molar-refractivity contribution in [2.75, 3.05) is 44.3 Å². The highest BCUT2D eigenvalue weighted by Crippen LogP contribution is 2.35. The van der Waals surface area contributed by atoms with E-state index in [1.54, 1.807) is 12.1 Å². The van der Waals surface area contributed by atoms with Gasteiger partial charge in [-0.25, -0.2) is 14.8 Å². The van der Waals surface area contributed by atoms with Crippen molar-refractivity contribution in [1.82, 2.24) is 25.1 Å². The number of unbranched alkanes of at least 4 members (excludes halogenated alkanes) is 1. The van der Waals surface area contributed by atoms with Gasteiger partial charge in [-0.15, -0.1) is 0 Å². The number of benzene rings is 1. The van der Waals surface area contributed by atoms with Crippen LogP contribution in [0.1, 0.15) is 43.1 Å². The van der Waals surface area contributed by atoms with E-state index in [0.717, 1.165) is 25.7 Å². The van der Waals surface area contributed by atoms with Crippen LogP contribution >= 0.6 is 7.60 Å². The Balaban J connectivity index is 1.47. The molecule has 2 heterocycles. The van der Waals surface area contributed by atoms with Gasteiger partial charge in [0.2, 0.25) is 5.91 Å². The summed E-state index contributed by atoms with van der Waals surface area (Å²) < 4.78 is 17.1. The Bertz CT molecular complexity index is 1250. The van der Waals surface area contributed by atoms with E-state index in [0.29, 0.717) is 23.8 Å². The lowest BCUT2D eigenvalue weighted by molar-refractivity contribution is -0.134. The molecule has 40 heavy (non-hydrogen) atoms. The van der Waals surface area contributed by atoms with Crippen LogP contribution in [0.4, 0.5) is 10.6 Å². The summed E-state index contributed by atoms with van der Waals surface area (Å²) in [6.45, 7) is 2.98. The molecule has 1 aliphatic heterocycles. The quantitative estimate of drug-likeness (QED) is 0.230. The number of carbonyl (C=O) groups is 3. The Morgan fingerprint density at radius 2 is 1.75 bits per heavy atom. The number of nitrogens with one attached hydrogen (secondary N) is 2. The first-order chi connectivity index (χ1) is 19.1. The Morgan fingerprint density at radius 1 is 1.07 bits per heavy atom. The van der Waals surface area contributed by atoms with Crippen LogP contribution in [0.5, 0.6) is 0 Å². The van der Waals surface area contributed by atoms with Gasteiger partial charge in [-0.1, -0.05) is 43.7 Å². The lowest BCUT2D eigenvalue weighted by Crippen LogP contribution is -2.56. The van der Waals surface area contributed by atoms with Crippen molar-refractivity contribution in [3.05, 3.63) is 42.1 Å². The molecule has 3 amide bonds. The van der Waals surface area contributed by atoms with Crippen LogP contribution in [0.25, 0.3) is 11.4 Å². The Labute approximate surface area is 232 Å². The van der Waals surface area contributed by atoms with Gasteiger partial charge < -0.3 is 35.0 Å². The molecule has 1 aromatic carbocycles. The van der Waals surface area contributed by atoms with E-state index in [1.807, 2.05) is 25.1 Å². The molecular formula is C26H35N6O7P. The number of aromatic nitrogens is 2. The summed E-state index contributed by atoms with van der Waals surface area (Å²) >= 11 is 0. The van der Waals surface area contributed by atoms with Gasteiger partial charge in [-0.3, -0.25) is 14.2 Å². The standard InChI is InChI=1S/C26H35N6O7P/c1-2-3-15-39-26(35)32-13-11-31(12-14-32)25(34)21(17-40(36,37)38)29-24(33)20-16-22(27-19-9-10-19)30-23(28-20)18-7-5-4-6-8-18/h4-8,16,19,21H,2-3,9-15,17H2,1H3,(H,29,33)(H,27,28,30)(H2,36,37,38)/t21-/m0/s1. The number of hydrogen-bond donors (Lipinski definition) is 4. The third-order valence-corrected chi connectivity index (χ3v) is 7.36. The molecule has 2 aliphatic rings. The zero-order valence-corrected chi connectivity index (χ0v) is 23.3. The van der Waals surface area contributed by atoms with Crippen molar-refractivity contribution in [1.29, 1.82) is 0 Å². The molecule has 1 aromatic heterocycles. The van der Waals surface area contributed by atoms with Gasteiger partial charge in [0.15, 0.2) is 5.82 Å². The summed E-state index contributed by atoms with van der Waals surface area (Å²) in [6.07, 6.45) is 2.27. The molecule has 0 spiro atoms. The predicted octanol–water partition coefficient (Wildman–Crippen LogP) is 2.07. The maximum absolute atomic E-state index is 13.3. The van der Waals surface area contributed by atoms with Gasteiger partial charge in [-0.2, -0.15) is 0 Å². The normalized spacial score (nSPS) is 16.3. The third-order valence-electron chi connectivity index (χ3n) is 6.52. The van der Waals surface area contributed by atoms with Crippen molar-refractivity contribution in [3.63, 3.8) is 0 Å². The highest BCUT2D eigenvalue weighted by atomic mass is 31.2. The summed E-state index contributed by atoms with van der Waals surface area (Å²) in [6, 6.07) is 9.30. The van der Waals surface area contributed by atoms with Gasteiger partial charge >= 0.3 is 13.7 Å². The molecule has 4 rings (SSSR count). The van der Waals surface area contributed by atoms with Crippen LogP contribution in [-0.2, 0) is 14.1 Å². The smallest absolute Gasteiger partial charge is 0.409 e. The Hall–Kier alpha value is -3.54. The first kappa shape index (κ1) is 29.4. The molecule has 13 nitrogen and oxygen atoms in total. The van der Waals surface area contributed by atoms with Crippen LogP contribution in [0, 0.1) is 0 Å². The van der Waals surface area contributed by atoms with Crippen molar-refractivity contribution in [3.8, 4) is 11.4 Å². The number of amides is 3. The molecule has 216 valence electrons. The summed E-state index contributed by atoms with van der Waals surface area (Å²) in [5.41, 5.74) is 0.644. The second-order valence-corrected chi connectivity index (χ2v) is 11.6. The second kappa shape index (κ2) is 13.2. The molecule has 0 unspecified atom stereocenters. The summed E-state index contributed by atoms with van der Waals surface area (Å²) in [5, 5.41) is 5.73. The van der Waals surface area contributed by atoms with Crippen LogP contribution < -0.4 is 10.6 Å². The number of piperazine rings is 1. The van der Waals surface area contributed by atoms with Gasteiger partial charge in [0.25, 0.3) is 5.91 Å². The van der Waals surface area contributed by atoms with Crippen molar-refractivity contribution in [2.45, 2.75) is 44.7 Å². The van der Waals surface area contributed by atoms with E-state index >= 15 is 0 Å². The number of hydrogen-bond acceptors (Lipinski definition) is 8. The number of rotatable bonds is 11. The van der Waals surface area contributed by atoms with E-state index in [9.17, 15) is 28.7 Å². The van der Waals surface area contributed by atoms with Crippen LogP contribution in [0.2, 0.25) is 0 Å².